The van der Waals surface area contributed by atoms with E-state index in [0.717, 1.165) is 13.0 Å². The monoisotopic (exact) mass is 274 g/mol. The van der Waals surface area contributed by atoms with E-state index in [1.165, 1.54) is 0 Å². The van der Waals surface area contributed by atoms with E-state index >= 15 is 0 Å². The molecule has 0 aromatic carbocycles. The molecule has 1 aliphatic rings. The van der Waals surface area contributed by atoms with Gasteiger partial charge in [0.25, 0.3) is 0 Å². The minimum absolute atomic E-state index is 0.129. The highest BCUT2D eigenvalue weighted by Crippen LogP contribution is 2.16. The van der Waals surface area contributed by atoms with Gasteiger partial charge in [0.15, 0.2) is 9.84 Å². The number of rotatable bonds is 5. The number of hydrogen-bond acceptors (Lipinski definition) is 7. The Kier molecular flexibility index (Phi) is 4.18. The van der Waals surface area contributed by atoms with Crippen LogP contribution < -0.4 is 10.6 Å². The van der Waals surface area contributed by atoms with Crippen LogP contribution in [0.1, 0.15) is 25.7 Å². The summed E-state index contributed by atoms with van der Waals surface area (Å²) in [5.74, 6) is 0.913. The third-order valence-corrected chi connectivity index (χ3v) is 4.60. The van der Waals surface area contributed by atoms with Gasteiger partial charge in [-0.2, -0.15) is 0 Å². The molecule has 0 radical (unpaired) electrons. The SMILES string of the molecule is CCNCc1nnc(NC2CCCS(=O)(=O)C2)o1. The topological polar surface area (TPSA) is 97.1 Å². The van der Waals surface area contributed by atoms with Crippen LogP contribution >= 0.6 is 0 Å². The Morgan fingerprint density at radius 1 is 1.44 bits per heavy atom. The highest BCUT2D eigenvalue weighted by atomic mass is 32.2. The van der Waals surface area contributed by atoms with Crippen LogP contribution in [0.2, 0.25) is 0 Å². The molecule has 0 bridgehead atoms. The molecule has 0 spiro atoms. The Morgan fingerprint density at radius 3 is 3.00 bits per heavy atom. The maximum Gasteiger partial charge on any atom is 0.315 e. The van der Waals surface area contributed by atoms with Gasteiger partial charge >= 0.3 is 6.01 Å². The molecule has 0 amide bonds. The van der Waals surface area contributed by atoms with Gasteiger partial charge in [0.05, 0.1) is 18.1 Å². The number of nitrogens with zero attached hydrogens (tertiary/aromatic N) is 2. The molecular weight excluding hydrogens is 256 g/mol. The summed E-state index contributed by atoms with van der Waals surface area (Å²) in [5, 5.41) is 13.8. The lowest BCUT2D eigenvalue weighted by Crippen LogP contribution is -2.34. The fourth-order valence-corrected chi connectivity index (χ4v) is 3.56. The molecule has 8 heteroatoms. The third-order valence-electron chi connectivity index (χ3n) is 2.78. The van der Waals surface area contributed by atoms with Gasteiger partial charge in [-0.25, -0.2) is 8.42 Å². The summed E-state index contributed by atoms with van der Waals surface area (Å²) < 4.78 is 28.3. The van der Waals surface area contributed by atoms with E-state index in [4.69, 9.17) is 4.42 Å². The van der Waals surface area contributed by atoms with Crippen LogP contribution in [-0.4, -0.2) is 42.7 Å². The van der Waals surface area contributed by atoms with Crippen molar-refractivity contribution in [1.29, 1.82) is 0 Å². The van der Waals surface area contributed by atoms with Crippen molar-refractivity contribution >= 4 is 15.9 Å². The first-order valence-corrected chi connectivity index (χ1v) is 7.91. The normalized spacial score (nSPS) is 22.8. The Labute approximate surface area is 106 Å². The Hall–Kier alpha value is -1.15. The number of hydrogen-bond donors (Lipinski definition) is 2. The van der Waals surface area contributed by atoms with Crippen LogP contribution in [0.3, 0.4) is 0 Å². The van der Waals surface area contributed by atoms with Crippen molar-refractivity contribution in [3.63, 3.8) is 0 Å². The van der Waals surface area contributed by atoms with Crippen LogP contribution in [0.4, 0.5) is 6.01 Å². The first-order valence-electron chi connectivity index (χ1n) is 6.09. The van der Waals surface area contributed by atoms with Gasteiger partial charge < -0.3 is 15.1 Å². The summed E-state index contributed by atoms with van der Waals surface area (Å²) in [7, 11) is -2.92. The van der Waals surface area contributed by atoms with Gasteiger partial charge in [-0.1, -0.05) is 12.0 Å². The number of sulfone groups is 1. The molecule has 1 atom stereocenters. The summed E-state index contributed by atoms with van der Waals surface area (Å²) in [6, 6.07) is 0.168. The second-order valence-electron chi connectivity index (χ2n) is 4.38. The molecule has 102 valence electrons. The molecule has 1 fully saturated rings. The lowest BCUT2D eigenvalue weighted by molar-refractivity contribution is 0.474. The molecule has 1 aromatic heterocycles. The summed E-state index contributed by atoms with van der Waals surface area (Å²) in [4.78, 5) is 0. The number of nitrogens with one attached hydrogen (secondary N) is 2. The highest BCUT2D eigenvalue weighted by Gasteiger charge is 2.25. The zero-order valence-electron chi connectivity index (χ0n) is 10.3. The lowest BCUT2D eigenvalue weighted by atomic mass is 10.2. The quantitative estimate of drug-likeness (QED) is 0.789. The van der Waals surface area contributed by atoms with Crippen molar-refractivity contribution in [3.8, 4) is 0 Å². The predicted molar refractivity (Wildman–Crippen MR) is 67.0 cm³/mol. The van der Waals surface area contributed by atoms with Gasteiger partial charge in [0.2, 0.25) is 5.89 Å². The van der Waals surface area contributed by atoms with Crippen LogP contribution in [0.5, 0.6) is 0 Å². The molecule has 2 heterocycles. The molecule has 2 N–H and O–H groups in total. The van der Waals surface area contributed by atoms with Gasteiger partial charge in [-0.05, 0) is 19.4 Å². The van der Waals surface area contributed by atoms with E-state index < -0.39 is 9.84 Å². The zero-order chi connectivity index (χ0) is 13.0. The first-order chi connectivity index (χ1) is 8.59. The van der Waals surface area contributed by atoms with Crippen molar-refractivity contribution in [1.82, 2.24) is 15.5 Å². The molecule has 18 heavy (non-hydrogen) atoms. The Balaban J connectivity index is 1.91. The molecule has 1 aliphatic heterocycles. The molecule has 0 aliphatic carbocycles. The van der Waals surface area contributed by atoms with Crippen LogP contribution in [0.15, 0.2) is 4.42 Å². The van der Waals surface area contributed by atoms with E-state index in [1.807, 2.05) is 6.92 Å². The standard InChI is InChI=1S/C10H18N4O3S/c1-2-11-6-9-13-14-10(17-9)12-8-4-3-5-18(15,16)7-8/h8,11H,2-7H2,1H3,(H,12,14). The fourth-order valence-electron chi connectivity index (χ4n) is 1.93. The van der Waals surface area contributed by atoms with E-state index in [2.05, 4.69) is 20.8 Å². The largest absolute Gasteiger partial charge is 0.407 e. The fraction of sp³-hybridized carbons (Fsp3) is 0.800. The molecular formula is C10H18N4O3S. The molecule has 2 rings (SSSR count). The minimum atomic E-state index is -2.92. The Bertz CT molecular complexity index is 485. The van der Waals surface area contributed by atoms with Crippen molar-refractivity contribution in [2.24, 2.45) is 0 Å². The maximum absolute atomic E-state index is 11.5. The van der Waals surface area contributed by atoms with E-state index in [1.54, 1.807) is 0 Å². The summed E-state index contributed by atoms with van der Waals surface area (Å²) >= 11 is 0. The average molecular weight is 274 g/mol. The second kappa shape index (κ2) is 5.66. The smallest absolute Gasteiger partial charge is 0.315 e. The molecule has 0 saturated carbocycles. The van der Waals surface area contributed by atoms with Crippen LogP contribution in [0, 0.1) is 0 Å². The maximum atomic E-state index is 11.5. The van der Waals surface area contributed by atoms with E-state index in [0.29, 0.717) is 24.9 Å². The number of anilines is 1. The minimum Gasteiger partial charge on any atom is -0.407 e. The first kappa shape index (κ1) is 13.3. The summed E-state index contributed by atoms with van der Waals surface area (Å²) in [6.07, 6.45) is 1.49. The van der Waals surface area contributed by atoms with Gasteiger partial charge in [-0.15, -0.1) is 5.10 Å². The third kappa shape index (κ3) is 3.67. The predicted octanol–water partition coefficient (Wildman–Crippen LogP) is 0.168. The van der Waals surface area contributed by atoms with Crippen LogP contribution in [-0.2, 0) is 16.4 Å². The van der Waals surface area contributed by atoms with Gasteiger partial charge in [0.1, 0.15) is 0 Å². The van der Waals surface area contributed by atoms with Crippen LogP contribution in [0.25, 0.3) is 0 Å². The van der Waals surface area contributed by atoms with E-state index in [-0.39, 0.29) is 17.5 Å². The second-order valence-corrected chi connectivity index (χ2v) is 6.61. The van der Waals surface area contributed by atoms with Gasteiger partial charge in [0, 0.05) is 6.04 Å². The molecule has 7 nitrogen and oxygen atoms in total. The van der Waals surface area contributed by atoms with Crippen molar-refractivity contribution in [2.45, 2.75) is 32.4 Å². The van der Waals surface area contributed by atoms with Crippen molar-refractivity contribution in [3.05, 3.63) is 5.89 Å². The van der Waals surface area contributed by atoms with Crippen molar-refractivity contribution < 1.29 is 12.8 Å². The molecule has 1 aromatic rings. The van der Waals surface area contributed by atoms with E-state index in [9.17, 15) is 8.42 Å². The summed E-state index contributed by atoms with van der Waals surface area (Å²) in [6.45, 7) is 3.34. The highest BCUT2D eigenvalue weighted by molar-refractivity contribution is 7.91. The zero-order valence-corrected chi connectivity index (χ0v) is 11.2. The Morgan fingerprint density at radius 2 is 2.28 bits per heavy atom. The molecule has 1 saturated heterocycles. The average Bonchev–Trinajstić information content (AvgIpc) is 2.73. The van der Waals surface area contributed by atoms with Gasteiger partial charge in [-0.3, -0.25) is 0 Å². The summed E-state index contributed by atoms with van der Waals surface area (Å²) in [5.41, 5.74) is 0. The number of aromatic nitrogens is 2. The lowest BCUT2D eigenvalue weighted by Gasteiger charge is -2.21. The molecule has 1 unspecified atom stereocenters. The van der Waals surface area contributed by atoms with Crippen molar-refractivity contribution in [2.75, 3.05) is 23.4 Å².